The average molecular weight is 659 g/mol. The Morgan fingerprint density at radius 3 is 1.84 bits per heavy atom. The molecule has 0 aliphatic heterocycles. The molecule has 0 aliphatic carbocycles. The van der Waals surface area contributed by atoms with Gasteiger partial charge in [-0.1, -0.05) is 120 Å². The number of carbonyl (C=O) groups excluding carboxylic acids is 2. The molecule has 0 amide bonds. The Labute approximate surface area is 271 Å². The molecule has 0 fully saturated rings. The van der Waals surface area contributed by atoms with Crippen LogP contribution in [0.25, 0.3) is 0 Å². The number of phosphoric ester groups is 1. The lowest BCUT2D eigenvalue weighted by atomic mass is 10.1. The third kappa shape index (κ3) is 30.4. The van der Waals surface area contributed by atoms with Gasteiger partial charge in [-0.3, -0.25) is 18.6 Å². The van der Waals surface area contributed by atoms with Crippen molar-refractivity contribution < 1.29 is 47.8 Å². The summed E-state index contributed by atoms with van der Waals surface area (Å²) in [7, 11) is -4.61. The van der Waals surface area contributed by atoms with E-state index >= 15 is 0 Å². The first-order valence-corrected chi connectivity index (χ1v) is 18.1. The Balaban J connectivity index is 4.47. The summed E-state index contributed by atoms with van der Waals surface area (Å²) in [5.74, 6) is -0.966. The molecular weight excluding hydrogens is 599 g/mol. The van der Waals surface area contributed by atoms with E-state index in [2.05, 4.69) is 30.5 Å². The van der Waals surface area contributed by atoms with Crippen molar-refractivity contribution in [1.29, 1.82) is 0 Å². The molecule has 0 rings (SSSR count). The molecule has 3 atom stereocenters. The number of aliphatic hydroxyl groups is 2. The highest BCUT2D eigenvalue weighted by Crippen LogP contribution is 2.43. The minimum atomic E-state index is -4.61. The summed E-state index contributed by atoms with van der Waals surface area (Å²) in [6, 6.07) is 0. The SMILES string of the molecule is CC/C=C/C=C/C=C/C=C/CCCCCCCC(=O)O[C@H](COC(=O)CCCCCCCCC)COP(=O)(O)OC[C@@H](O)CO. The van der Waals surface area contributed by atoms with Crippen LogP contribution in [0.1, 0.15) is 117 Å². The lowest BCUT2D eigenvalue weighted by molar-refractivity contribution is -0.161. The molecule has 10 nitrogen and oxygen atoms in total. The van der Waals surface area contributed by atoms with Gasteiger partial charge < -0.3 is 24.6 Å². The van der Waals surface area contributed by atoms with Gasteiger partial charge in [0.05, 0.1) is 19.8 Å². The smallest absolute Gasteiger partial charge is 0.462 e. The number of hydrogen-bond donors (Lipinski definition) is 3. The van der Waals surface area contributed by atoms with Crippen LogP contribution in [0.3, 0.4) is 0 Å². The molecule has 3 N–H and O–H groups in total. The number of aliphatic hydroxyl groups excluding tert-OH is 2. The normalized spacial score (nSPS) is 14.9. The third-order valence-electron chi connectivity index (χ3n) is 6.59. The van der Waals surface area contributed by atoms with Crippen molar-refractivity contribution in [2.75, 3.05) is 26.4 Å². The molecule has 0 aromatic heterocycles. The van der Waals surface area contributed by atoms with Gasteiger partial charge in [0.15, 0.2) is 6.10 Å². The zero-order chi connectivity index (χ0) is 33.4. The molecule has 0 bridgehead atoms. The fraction of sp³-hybridized carbons (Fsp3) is 0.706. The molecule has 45 heavy (non-hydrogen) atoms. The predicted molar refractivity (Wildman–Crippen MR) is 177 cm³/mol. The number of ether oxygens (including phenoxy) is 2. The molecule has 0 spiro atoms. The number of hydrogen-bond acceptors (Lipinski definition) is 9. The Morgan fingerprint density at radius 1 is 0.689 bits per heavy atom. The molecule has 0 saturated heterocycles. The van der Waals surface area contributed by atoms with E-state index in [9.17, 15) is 24.2 Å². The van der Waals surface area contributed by atoms with Crippen LogP contribution in [-0.2, 0) is 32.7 Å². The first-order chi connectivity index (χ1) is 21.7. The molecule has 1 unspecified atom stereocenters. The molecule has 0 aromatic rings. The summed E-state index contributed by atoms with van der Waals surface area (Å²) >= 11 is 0. The van der Waals surface area contributed by atoms with Crippen LogP contribution in [0.5, 0.6) is 0 Å². The number of carbonyl (C=O) groups is 2. The number of allylic oxidation sites excluding steroid dienone is 8. The number of unbranched alkanes of at least 4 members (excludes halogenated alkanes) is 11. The zero-order valence-electron chi connectivity index (χ0n) is 27.6. The van der Waals surface area contributed by atoms with Gasteiger partial charge in [0.2, 0.25) is 0 Å². The second-order valence-corrected chi connectivity index (χ2v) is 12.4. The van der Waals surface area contributed by atoms with E-state index in [4.69, 9.17) is 19.1 Å². The van der Waals surface area contributed by atoms with E-state index in [1.165, 1.54) is 19.3 Å². The highest BCUT2D eigenvalue weighted by molar-refractivity contribution is 7.47. The molecule has 0 aromatic carbocycles. The van der Waals surface area contributed by atoms with Crippen LogP contribution in [0.4, 0.5) is 0 Å². The lowest BCUT2D eigenvalue weighted by Gasteiger charge is -2.20. The van der Waals surface area contributed by atoms with E-state index in [-0.39, 0.29) is 19.4 Å². The molecule has 0 saturated carbocycles. The molecule has 11 heteroatoms. The highest BCUT2D eigenvalue weighted by Gasteiger charge is 2.27. The summed E-state index contributed by atoms with van der Waals surface area (Å²) in [5.41, 5.74) is 0. The van der Waals surface area contributed by atoms with E-state index in [0.29, 0.717) is 12.8 Å². The fourth-order valence-corrected chi connectivity index (χ4v) is 4.79. The predicted octanol–water partition coefficient (Wildman–Crippen LogP) is 7.43. The minimum Gasteiger partial charge on any atom is -0.462 e. The lowest BCUT2D eigenvalue weighted by Crippen LogP contribution is -2.29. The van der Waals surface area contributed by atoms with Crippen molar-refractivity contribution in [3.8, 4) is 0 Å². The van der Waals surface area contributed by atoms with Crippen LogP contribution in [0.2, 0.25) is 0 Å². The Morgan fingerprint density at radius 2 is 1.22 bits per heavy atom. The van der Waals surface area contributed by atoms with Crippen molar-refractivity contribution in [3.63, 3.8) is 0 Å². The number of rotatable bonds is 30. The average Bonchev–Trinajstić information content (AvgIpc) is 3.02. The summed E-state index contributed by atoms with van der Waals surface area (Å²) < 4.78 is 32.3. The maximum Gasteiger partial charge on any atom is 0.472 e. The van der Waals surface area contributed by atoms with Gasteiger partial charge in [-0.15, -0.1) is 0 Å². The van der Waals surface area contributed by atoms with Crippen molar-refractivity contribution in [2.24, 2.45) is 0 Å². The number of phosphoric acid groups is 1. The highest BCUT2D eigenvalue weighted by atomic mass is 31.2. The summed E-state index contributed by atoms with van der Waals surface area (Å²) in [6.45, 7) is 2.11. The van der Waals surface area contributed by atoms with Gasteiger partial charge in [-0.2, -0.15) is 0 Å². The Bertz CT molecular complexity index is 899. The molecular formula is C34H59O10P. The molecule has 0 heterocycles. The van der Waals surface area contributed by atoms with Crippen molar-refractivity contribution >= 4 is 19.8 Å². The molecule has 0 radical (unpaired) electrons. The van der Waals surface area contributed by atoms with Gasteiger partial charge in [0.25, 0.3) is 0 Å². The van der Waals surface area contributed by atoms with Crippen molar-refractivity contribution in [3.05, 3.63) is 48.6 Å². The second-order valence-electron chi connectivity index (χ2n) is 10.9. The van der Waals surface area contributed by atoms with Gasteiger partial charge in [0, 0.05) is 12.8 Å². The van der Waals surface area contributed by atoms with Gasteiger partial charge in [-0.25, -0.2) is 4.57 Å². The maximum atomic E-state index is 12.5. The van der Waals surface area contributed by atoms with Gasteiger partial charge in [0.1, 0.15) is 12.7 Å². The standard InChI is InChI=1S/C34H59O10P/c1-3-5-7-9-11-12-13-14-15-16-17-18-20-22-24-26-34(38)44-32(30-43-45(39,40)42-28-31(36)27-35)29-41-33(37)25-23-21-19-10-8-6-4-2/h5,7,9,11-15,31-32,35-36H,3-4,6,8,10,16-30H2,1-2H3,(H,39,40)/b7-5+,11-9+,13-12+,15-14+/t31-,32+/m0/s1. The summed E-state index contributed by atoms with van der Waals surface area (Å²) in [6.07, 6.45) is 28.2. The molecule has 260 valence electrons. The van der Waals surface area contributed by atoms with Crippen LogP contribution >= 0.6 is 7.82 Å². The van der Waals surface area contributed by atoms with Crippen LogP contribution in [-0.4, -0.2) is 65.7 Å². The molecule has 0 aliphatic rings. The monoisotopic (exact) mass is 658 g/mol. The van der Waals surface area contributed by atoms with Gasteiger partial charge >= 0.3 is 19.8 Å². The largest absolute Gasteiger partial charge is 0.472 e. The first-order valence-electron chi connectivity index (χ1n) is 16.6. The third-order valence-corrected chi connectivity index (χ3v) is 7.54. The zero-order valence-corrected chi connectivity index (χ0v) is 28.5. The van der Waals surface area contributed by atoms with E-state index in [0.717, 1.165) is 57.8 Å². The van der Waals surface area contributed by atoms with Gasteiger partial charge in [-0.05, 0) is 32.1 Å². The van der Waals surface area contributed by atoms with Crippen LogP contribution < -0.4 is 0 Å². The van der Waals surface area contributed by atoms with E-state index in [1.54, 1.807) is 0 Å². The van der Waals surface area contributed by atoms with Crippen molar-refractivity contribution in [1.82, 2.24) is 0 Å². The Hall–Kier alpha value is -2.07. The quantitative estimate of drug-likeness (QED) is 0.0308. The topological polar surface area (TPSA) is 149 Å². The van der Waals surface area contributed by atoms with Crippen LogP contribution in [0, 0.1) is 0 Å². The fourth-order valence-electron chi connectivity index (χ4n) is 4.00. The summed E-state index contributed by atoms with van der Waals surface area (Å²) in [5, 5.41) is 18.2. The van der Waals surface area contributed by atoms with E-state index in [1.807, 2.05) is 36.5 Å². The number of esters is 2. The maximum absolute atomic E-state index is 12.5. The van der Waals surface area contributed by atoms with Crippen molar-refractivity contribution in [2.45, 2.75) is 129 Å². The van der Waals surface area contributed by atoms with E-state index < -0.39 is 51.8 Å². The first kappa shape index (κ1) is 42.9. The summed E-state index contributed by atoms with van der Waals surface area (Å²) in [4.78, 5) is 34.5. The Kier molecular flexibility index (Phi) is 29.2. The minimum absolute atomic E-state index is 0.157. The second kappa shape index (κ2) is 30.6. The van der Waals surface area contributed by atoms with Crippen LogP contribution in [0.15, 0.2) is 48.6 Å².